The predicted molar refractivity (Wildman–Crippen MR) is 92.3 cm³/mol. The van der Waals surface area contributed by atoms with Gasteiger partial charge in [0.25, 0.3) is 0 Å². The van der Waals surface area contributed by atoms with Crippen LogP contribution in [0.4, 0.5) is 5.69 Å². The minimum absolute atomic E-state index is 0.0838. The highest BCUT2D eigenvalue weighted by molar-refractivity contribution is 6.01. The molecule has 0 bridgehead atoms. The van der Waals surface area contributed by atoms with Gasteiger partial charge in [0.1, 0.15) is 6.04 Å². The lowest BCUT2D eigenvalue weighted by atomic mass is 10.1. The van der Waals surface area contributed by atoms with Crippen LogP contribution in [0, 0.1) is 5.92 Å². The number of aliphatic carboxylic acids is 1. The topological polar surface area (TPSA) is 95.9 Å². The number of carbonyl (C=O) groups is 3. The molecule has 136 valence electrons. The quantitative estimate of drug-likeness (QED) is 0.736. The van der Waals surface area contributed by atoms with Crippen molar-refractivity contribution in [3.05, 3.63) is 29.8 Å². The predicted octanol–water partition coefficient (Wildman–Crippen LogP) is 1.21. The molecule has 2 rings (SSSR count). The summed E-state index contributed by atoms with van der Waals surface area (Å²) in [5.41, 5.74) is 1.86. The lowest BCUT2D eigenvalue weighted by Gasteiger charge is -2.20. The number of carboxylic acids is 1. The van der Waals surface area contributed by atoms with Gasteiger partial charge in [0.2, 0.25) is 11.8 Å². The Morgan fingerprint density at radius 1 is 1.40 bits per heavy atom. The maximum absolute atomic E-state index is 12.4. The Balaban J connectivity index is 2.06. The number of para-hydroxylation sites is 1. The Morgan fingerprint density at radius 3 is 2.76 bits per heavy atom. The Morgan fingerprint density at radius 2 is 2.12 bits per heavy atom. The van der Waals surface area contributed by atoms with E-state index in [2.05, 4.69) is 5.32 Å². The highest BCUT2D eigenvalue weighted by Crippen LogP contribution is 2.28. The molecule has 0 aliphatic carbocycles. The maximum Gasteiger partial charge on any atom is 0.326 e. The van der Waals surface area contributed by atoms with Crippen molar-refractivity contribution in [3.8, 4) is 0 Å². The number of hydrogen-bond donors (Lipinski definition) is 2. The molecular formula is C18H24N2O5. The summed E-state index contributed by atoms with van der Waals surface area (Å²) in [4.78, 5) is 37.6. The molecule has 2 unspecified atom stereocenters. The van der Waals surface area contributed by atoms with E-state index in [-0.39, 0.29) is 31.9 Å². The monoisotopic (exact) mass is 348 g/mol. The van der Waals surface area contributed by atoms with Gasteiger partial charge < -0.3 is 20.1 Å². The first-order valence-electron chi connectivity index (χ1n) is 8.38. The second-order valence-electron chi connectivity index (χ2n) is 6.07. The van der Waals surface area contributed by atoms with E-state index in [1.54, 1.807) is 4.90 Å². The molecule has 25 heavy (non-hydrogen) atoms. The highest BCUT2D eigenvalue weighted by atomic mass is 16.5. The van der Waals surface area contributed by atoms with Crippen molar-refractivity contribution in [1.82, 2.24) is 5.32 Å². The second-order valence-corrected chi connectivity index (χ2v) is 6.07. The number of aryl methyl sites for hydroxylation is 1. The standard InChI is InChI=1S/C18H24N2O5/c1-3-12-6-4-5-7-15(12)20-11-13(10-16(20)21)17(22)19-14(18(23)24)8-9-25-2/h4-7,13-14H,3,8-11H2,1-2H3,(H,19,22)(H,23,24). The van der Waals surface area contributed by atoms with Gasteiger partial charge in [-0.05, 0) is 18.1 Å². The summed E-state index contributed by atoms with van der Waals surface area (Å²) < 4.78 is 4.87. The van der Waals surface area contributed by atoms with E-state index in [9.17, 15) is 19.5 Å². The zero-order valence-corrected chi connectivity index (χ0v) is 14.5. The molecule has 1 aromatic rings. The number of nitrogens with one attached hydrogen (secondary N) is 1. The van der Waals surface area contributed by atoms with Gasteiger partial charge >= 0.3 is 5.97 Å². The van der Waals surface area contributed by atoms with Gasteiger partial charge in [-0.2, -0.15) is 0 Å². The third-order valence-electron chi connectivity index (χ3n) is 4.38. The summed E-state index contributed by atoms with van der Waals surface area (Å²) in [6, 6.07) is 6.59. The van der Waals surface area contributed by atoms with Gasteiger partial charge in [0.15, 0.2) is 0 Å². The first-order valence-corrected chi connectivity index (χ1v) is 8.38. The minimum Gasteiger partial charge on any atom is -0.480 e. The molecule has 2 amide bonds. The number of anilines is 1. The molecule has 1 aliphatic heterocycles. The summed E-state index contributed by atoms with van der Waals surface area (Å²) in [5, 5.41) is 11.7. The second kappa shape index (κ2) is 8.62. The van der Waals surface area contributed by atoms with Gasteiger partial charge in [-0.3, -0.25) is 9.59 Å². The molecule has 0 spiro atoms. The van der Waals surface area contributed by atoms with E-state index in [4.69, 9.17) is 4.74 Å². The lowest BCUT2D eigenvalue weighted by molar-refractivity contribution is -0.142. The van der Waals surface area contributed by atoms with Gasteiger partial charge in [-0.25, -0.2) is 4.79 Å². The number of ether oxygens (including phenoxy) is 1. The van der Waals surface area contributed by atoms with Crippen molar-refractivity contribution in [2.24, 2.45) is 5.92 Å². The largest absolute Gasteiger partial charge is 0.480 e. The van der Waals surface area contributed by atoms with Crippen LogP contribution in [0.15, 0.2) is 24.3 Å². The van der Waals surface area contributed by atoms with Crippen molar-refractivity contribution >= 4 is 23.5 Å². The summed E-state index contributed by atoms with van der Waals surface area (Å²) in [7, 11) is 1.47. The van der Waals surface area contributed by atoms with Gasteiger partial charge in [-0.15, -0.1) is 0 Å². The van der Waals surface area contributed by atoms with Crippen molar-refractivity contribution in [2.45, 2.75) is 32.2 Å². The van der Waals surface area contributed by atoms with Crippen molar-refractivity contribution < 1.29 is 24.2 Å². The zero-order valence-electron chi connectivity index (χ0n) is 14.5. The zero-order chi connectivity index (χ0) is 18.4. The SMILES string of the molecule is CCc1ccccc1N1CC(C(=O)NC(CCOC)C(=O)O)CC1=O. The van der Waals surface area contributed by atoms with Crippen LogP contribution in [0.1, 0.15) is 25.3 Å². The number of carbonyl (C=O) groups excluding carboxylic acids is 2. The van der Waals surface area contributed by atoms with Crippen LogP contribution in [-0.2, 0) is 25.5 Å². The fraction of sp³-hybridized carbons (Fsp3) is 0.500. The van der Waals surface area contributed by atoms with Crippen molar-refractivity contribution in [3.63, 3.8) is 0 Å². The number of amides is 2. The van der Waals surface area contributed by atoms with Crippen LogP contribution in [0.25, 0.3) is 0 Å². The Labute approximate surface area is 147 Å². The molecule has 1 aliphatic rings. The van der Waals surface area contributed by atoms with Crippen LogP contribution < -0.4 is 10.2 Å². The van der Waals surface area contributed by atoms with E-state index < -0.39 is 23.8 Å². The molecule has 0 aromatic heterocycles. The van der Waals surface area contributed by atoms with E-state index in [0.717, 1.165) is 17.7 Å². The number of rotatable bonds is 8. The van der Waals surface area contributed by atoms with Gasteiger partial charge in [0.05, 0.1) is 5.92 Å². The Kier molecular flexibility index (Phi) is 6.52. The molecule has 0 saturated carbocycles. The van der Waals surface area contributed by atoms with Crippen LogP contribution in [-0.4, -0.2) is 49.2 Å². The first kappa shape index (κ1) is 18.9. The van der Waals surface area contributed by atoms with Crippen LogP contribution >= 0.6 is 0 Å². The third-order valence-corrected chi connectivity index (χ3v) is 4.38. The summed E-state index contributed by atoms with van der Waals surface area (Å²) in [6.07, 6.45) is 1.05. The Bertz CT molecular complexity index is 646. The van der Waals surface area contributed by atoms with Crippen molar-refractivity contribution in [1.29, 1.82) is 0 Å². The third kappa shape index (κ3) is 4.57. The van der Waals surface area contributed by atoms with Gasteiger partial charge in [0, 0.05) is 38.8 Å². The fourth-order valence-corrected chi connectivity index (χ4v) is 2.97. The smallest absolute Gasteiger partial charge is 0.326 e. The number of methoxy groups -OCH3 is 1. The molecule has 2 N–H and O–H groups in total. The average Bonchev–Trinajstić information content (AvgIpc) is 2.99. The fourth-order valence-electron chi connectivity index (χ4n) is 2.97. The molecular weight excluding hydrogens is 324 g/mol. The van der Waals surface area contributed by atoms with Crippen LogP contribution in [0.2, 0.25) is 0 Å². The molecule has 7 nitrogen and oxygen atoms in total. The molecule has 0 radical (unpaired) electrons. The molecule has 7 heteroatoms. The summed E-state index contributed by atoms with van der Waals surface area (Å²) in [5.74, 6) is -2.19. The van der Waals surface area contributed by atoms with Crippen LogP contribution in [0.3, 0.4) is 0 Å². The molecule has 1 fully saturated rings. The summed E-state index contributed by atoms with van der Waals surface area (Å²) >= 11 is 0. The highest BCUT2D eigenvalue weighted by Gasteiger charge is 2.37. The molecule has 1 saturated heterocycles. The lowest BCUT2D eigenvalue weighted by Crippen LogP contribution is -2.44. The average molecular weight is 348 g/mol. The first-order chi connectivity index (χ1) is 12.0. The molecule has 1 heterocycles. The van der Waals surface area contributed by atoms with Crippen molar-refractivity contribution in [2.75, 3.05) is 25.2 Å². The number of benzene rings is 1. The molecule has 2 atom stereocenters. The minimum atomic E-state index is -1.11. The van der Waals surface area contributed by atoms with Gasteiger partial charge in [-0.1, -0.05) is 25.1 Å². The van der Waals surface area contributed by atoms with Crippen LogP contribution in [0.5, 0.6) is 0 Å². The van der Waals surface area contributed by atoms with E-state index >= 15 is 0 Å². The van der Waals surface area contributed by atoms with E-state index in [0.29, 0.717) is 0 Å². The number of nitrogens with zero attached hydrogens (tertiary/aromatic N) is 1. The summed E-state index contributed by atoms with van der Waals surface area (Å²) in [6.45, 7) is 2.51. The number of hydrogen-bond acceptors (Lipinski definition) is 4. The normalized spacial score (nSPS) is 18.2. The maximum atomic E-state index is 12.4. The molecule has 1 aromatic carbocycles. The van der Waals surface area contributed by atoms with E-state index in [1.807, 2.05) is 31.2 Å². The Hall–Kier alpha value is -2.41. The van der Waals surface area contributed by atoms with E-state index in [1.165, 1.54) is 7.11 Å². The number of carboxylic acid groups (broad SMARTS) is 1.